The van der Waals surface area contributed by atoms with Crippen LogP contribution in [0.5, 0.6) is 0 Å². The Balaban J connectivity index is 2.33. The van der Waals surface area contributed by atoms with E-state index in [1.165, 1.54) is 25.5 Å². The third kappa shape index (κ3) is 5.04. The van der Waals surface area contributed by atoms with Crippen LogP contribution in [0.15, 0.2) is 12.4 Å². The summed E-state index contributed by atoms with van der Waals surface area (Å²) in [5, 5.41) is 3.15. The second-order valence-corrected chi connectivity index (χ2v) is 4.39. The van der Waals surface area contributed by atoms with Gasteiger partial charge in [-0.25, -0.2) is 14.8 Å². The number of nitrogens with one attached hydrogen (secondary N) is 1. The number of hydrogen-bond acceptors (Lipinski definition) is 6. The first-order chi connectivity index (χ1) is 8.27. The minimum Gasteiger partial charge on any atom is -0.464 e. The molecule has 0 fully saturated rings. The van der Waals surface area contributed by atoms with Crippen LogP contribution in [0, 0.1) is 0 Å². The molecule has 1 heterocycles. The fourth-order valence-electron chi connectivity index (χ4n) is 1.22. The molecule has 0 saturated carbocycles. The van der Waals surface area contributed by atoms with E-state index in [2.05, 4.69) is 26.3 Å². The number of carbonyl (C=O) groups is 1. The Morgan fingerprint density at radius 3 is 2.82 bits per heavy atom. The maximum absolute atomic E-state index is 11.1. The Kier molecular flexibility index (Phi) is 6.39. The standard InChI is InChI=1S/C11H17N3O2S/c1-16-11(15)9-7-14-10(8-13-9)12-5-3-4-6-17-2/h7-8H,3-6H2,1-2H3,(H,12,14). The molecule has 0 aromatic carbocycles. The number of nitrogens with zero attached hydrogens (tertiary/aromatic N) is 2. The summed E-state index contributed by atoms with van der Waals surface area (Å²) in [6, 6.07) is 0. The minimum absolute atomic E-state index is 0.223. The molecule has 17 heavy (non-hydrogen) atoms. The summed E-state index contributed by atoms with van der Waals surface area (Å²) >= 11 is 1.85. The number of anilines is 1. The van der Waals surface area contributed by atoms with Crippen molar-refractivity contribution in [1.29, 1.82) is 0 Å². The van der Waals surface area contributed by atoms with Gasteiger partial charge in [-0.1, -0.05) is 0 Å². The Hall–Kier alpha value is -1.30. The summed E-state index contributed by atoms with van der Waals surface area (Å²) in [6.07, 6.45) is 7.34. The molecule has 0 bridgehead atoms. The van der Waals surface area contributed by atoms with Crippen molar-refractivity contribution < 1.29 is 9.53 Å². The van der Waals surface area contributed by atoms with E-state index in [-0.39, 0.29) is 5.69 Å². The molecule has 0 saturated heterocycles. The fraction of sp³-hybridized carbons (Fsp3) is 0.545. The van der Waals surface area contributed by atoms with Crippen LogP contribution >= 0.6 is 11.8 Å². The van der Waals surface area contributed by atoms with Crippen molar-refractivity contribution in [3.05, 3.63) is 18.1 Å². The molecular formula is C11H17N3O2S. The van der Waals surface area contributed by atoms with Crippen LogP contribution in [0.3, 0.4) is 0 Å². The van der Waals surface area contributed by atoms with Crippen molar-refractivity contribution in [2.24, 2.45) is 0 Å². The number of methoxy groups -OCH3 is 1. The lowest BCUT2D eigenvalue weighted by atomic mass is 10.3. The van der Waals surface area contributed by atoms with Gasteiger partial charge in [0.1, 0.15) is 5.82 Å². The van der Waals surface area contributed by atoms with Gasteiger partial charge < -0.3 is 10.1 Å². The molecule has 0 aliphatic rings. The maximum atomic E-state index is 11.1. The van der Waals surface area contributed by atoms with Crippen LogP contribution in [-0.2, 0) is 4.74 Å². The predicted octanol–water partition coefficient (Wildman–Crippen LogP) is 1.82. The summed E-state index contributed by atoms with van der Waals surface area (Å²) in [5.74, 6) is 1.39. The lowest BCUT2D eigenvalue weighted by Gasteiger charge is -2.05. The quantitative estimate of drug-likeness (QED) is 0.592. The molecule has 1 aromatic rings. The van der Waals surface area contributed by atoms with Gasteiger partial charge in [0.05, 0.1) is 19.5 Å². The molecule has 0 amide bonds. The average Bonchev–Trinajstić information content (AvgIpc) is 2.38. The minimum atomic E-state index is -0.468. The Labute approximate surface area is 105 Å². The molecule has 6 heteroatoms. The van der Waals surface area contributed by atoms with Crippen LogP contribution < -0.4 is 5.32 Å². The molecule has 1 aromatic heterocycles. The number of rotatable bonds is 7. The van der Waals surface area contributed by atoms with Crippen molar-refractivity contribution in [2.75, 3.05) is 31.0 Å². The highest BCUT2D eigenvalue weighted by Crippen LogP contribution is 2.04. The zero-order valence-electron chi connectivity index (χ0n) is 10.1. The average molecular weight is 255 g/mol. The summed E-state index contributed by atoms with van der Waals surface area (Å²) in [7, 11) is 1.32. The molecule has 5 nitrogen and oxygen atoms in total. The number of unbranched alkanes of at least 4 members (excludes halogenated alkanes) is 1. The number of thioether (sulfide) groups is 1. The molecule has 1 rings (SSSR count). The Morgan fingerprint density at radius 1 is 1.41 bits per heavy atom. The lowest BCUT2D eigenvalue weighted by molar-refractivity contribution is 0.0593. The van der Waals surface area contributed by atoms with E-state index in [1.54, 1.807) is 6.20 Å². The topological polar surface area (TPSA) is 64.1 Å². The number of hydrogen-bond donors (Lipinski definition) is 1. The van der Waals surface area contributed by atoms with Crippen molar-refractivity contribution in [3.63, 3.8) is 0 Å². The van der Waals surface area contributed by atoms with E-state index < -0.39 is 5.97 Å². The van der Waals surface area contributed by atoms with Gasteiger partial charge >= 0.3 is 5.97 Å². The van der Waals surface area contributed by atoms with Gasteiger partial charge in [0.2, 0.25) is 0 Å². The van der Waals surface area contributed by atoms with E-state index in [0.717, 1.165) is 13.0 Å². The van der Waals surface area contributed by atoms with E-state index in [4.69, 9.17) is 0 Å². The van der Waals surface area contributed by atoms with Gasteiger partial charge in [-0.2, -0.15) is 11.8 Å². The lowest BCUT2D eigenvalue weighted by Crippen LogP contribution is -2.08. The van der Waals surface area contributed by atoms with Crippen molar-refractivity contribution in [3.8, 4) is 0 Å². The highest BCUT2D eigenvalue weighted by molar-refractivity contribution is 7.98. The molecule has 0 unspecified atom stereocenters. The molecule has 0 radical (unpaired) electrons. The molecule has 0 spiro atoms. The van der Waals surface area contributed by atoms with Gasteiger partial charge in [0.25, 0.3) is 0 Å². The van der Waals surface area contributed by atoms with Gasteiger partial charge in [-0.15, -0.1) is 0 Å². The maximum Gasteiger partial charge on any atom is 0.358 e. The van der Waals surface area contributed by atoms with Crippen LogP contribution in [0.1, 0.15) is 23.3 Å². The van der Waals surface area contributed by atoms with Gasteiger partial charge in [-0.3, -0.25) is 0 Å². The fourth-order valence-corrected chi connectivity index (χ4v) is 1.71. The first-order valence-corrected chi connectivity index (χ1v) is 6.80. The number of esters is 1. The van der Waals surface area contributed by atoms with E-state index >= 15 is 0 Å². The van der Waals surface area contributed by atoms with Gasteiger partial charge in [0, 0.05) is 6.54 Å². The zero-order chi connectivity index (χ0) is 12.5. The van der Waals surface area contributed by atoms with E-state index in [1.807, 2.05) is 11.8 Å². The number of ether oxygens (including phenoxy) is 1. The predicted molar refractivity (Wildman–Crippen MR) is 69.5 cm³/mol. The summed E-state index contributed by atoms with van der Waals surface area (Å²) < 4.78 is 4.54. The van der Waals surface area contributed by atoms with Crippen LogP contribution in [0.25, 0.3) is 0 Å². The largest absolute Gasteiger partial charge is 0.464 e. The zero-order valence-corrected chi connectivity index (χ0v) is 10.9. The molecule has 94 valence electrons. The Morgan fingerprint density at radius 2 is 2.24 bits per heavy atom. The highest BCUT2D eigenvalue weighted by Gasteiger charge is 2.06. The first kappa shape index (κ1) is 13.8. The first-order valence-electron chi connectivity index (χ1n) is 5.41. The molecular weight excluding hydrogens is 238 g/mol. The van der Waals surface area contributed by atoms with Crippen LogP contribution in [0.4, 0.5) is 5.82 Å². The second-order valence-electron chi connectivity index (χ2n) is 3.41. The summed E-state index contributed by atoms with van der Waals surface area (Å²) in [4.78, 5) is 19.2. The number of aromatic nitrogens is 2. The second kappa shape index (κ2) is 7.89. The Bertz CT molecular complexity index is 343. The van der Waals surface area contributed by atoms with E-state index in [9.17, 15) is 4.79 Å². The van der Waals surface area contributed by atoms with Gasteiger partial charge in [-0.05, 0) is 24.9 Å². The SMILES string of the molecule is COC(=O)c1cnc(NCCCCSC)cn1. The monoisotopic (exact) mass is 255 g/mol. The molecule has 0 aliphatic heterocycles. The van der Waals surface area contributed by atoms with Crippen molar-refractivity contribution >= 4 is 23.5 Å². The molecule has 0 atom stereocenters. The van der Waals surface area contributed by atoms with E-state index in [0.29, 0.717) is 5.82 Å². The summed E-state index contributed by atoms with van der Waals surface area (Å²) in [6.45, 7) is 0.868. The van der Waals surface area contributed by atoms with Crippen molar-refractivity contribution in [2.45, 2.75) is 12.8 Å². The van der Waals surface area contributed by atoms with Crippen LogP contribution in [-0.4, -0.2) is 41.6 Å². The third-order valence-corrected chi connectivity index (χ3v) is 2.82. The normalized spacial score (nSPS) is 10.0. The summed E-state index contributed by atoms with van der Waals surface area (Å²) in [5.41, 5.74) is 0.223. The van der Waals surface area contributed by atoms with Crippen molar-refractivity contribution in [1.82, 2.24) is 9.97 Å². The number of carbonyl (C=O) groups excluding carboxylic acids is 1. The van der Waals surface area contributed by atoms with Gasteiger partial charge in [0.15, 0.2) is 5.69 Å². The third-order valence-electron chi connectivity index (χ3n) is 2.13. The smallest absolute Gasteiger partial charge is 0.358 e. The molecule has 1 N–H and O–H groups in total. The highest BCUT2D eigenvalue weighted by atomic mass is 32.2. The van der Waals surface area contributed by atoms with Crippen LogP contribution in [0.2, 0.25) is 0 Å². The molecule has 0 aliphatic carbocycles.